The molecule has 1 atom stereocenters. The number of benzene rings is 1. The second-order valence-corrected chi connectivity index (χ2v) is 5.16. The van der Waals surface area contributed by atoms with Gasteiger partial charge in [-0.2, -0.15) is 0 Å². The van der Waals surface area contributed by atoms with E-state index in [0.29, 0.717) is 12.4 Å². The van der Waals surface area contributed by atoms with Gasteiger partial charge in [-0.15, -0.1) is 11.8 Å². The van der Waals surface area contributed by atoms with E-state index in [1.54, 1.807) is 18.7 Å². The molecule has 0 spiro atoms. The molecule has 1 aromatic rings. The molecular formula is C14H16N2O3S. The van der Waals surface area contributed by atoms with E-state index < -0.39 is 12.0 Å². The Morgan fingerprint density at radius 3 is 2.85 bits per heavy atom. The van der Waals surface area contributed by atoms with Crippen LogP contribution in [0.3, 0.4) is 0 Å². The van der Waals surface area contributed by atoms with Gasteiger partial charge in [-0.05, 0) is 6.92 Å². The molecule has 106 valence electrons. The summed E-state index contributed by atoms with van der Waals surface area (Å²) in [6.07, 6.45) is 0. The zero-order chi connectivity index (χ0) is 14.4. The second-order valence-electron chi connectivity index (χ2n) is 4.15. The minimum absolute atomic E-state index is 0.107. The second kappa shape index (κ2) is 7.09. The third-order valence-corrected chi connectivity index (χ3v) is 3.78. The molecule has 1 N–H and O–H groups in total. The fourth-order valence-corrected chi connectivity index (χ4v) is 2.78. The molecule has 2 rings (SSSR count). The predicted octanol–water partition coefficient (Wildman–Crippen LogP) is 1.23. The molecule has 0 radical (unpaired) electrons. The average molecular weight is 292 g/mol. The maximum absolute atomic E-state index is 11.9. The first-order valence-electron chi connectivity index (χ1n) is 6.40. The zero-order valence-electron chi connectivity index (χ0n) is 11.2. The maximum Gasteiger partial charge on any atom is 0.325 e. The summed E-state index contributed by atoms with van der Waals surface area (Å²) in [5.41, 5.74) is 1.01. The van der Waals surface area contributed by atoms with Gasteiger partial charge < -0.3 is 10.1 Å². The first-order valence-corrected chi connectivity index (χ1v) is 7.38. The normalized spacial score (nSPS) is 17.4. The smallest absolute Gasteiger partial charge is 0.325 e. The van der Waals surface area contributed by atoms with Crippen LogP contribution in [0, 0.1) is 0 Å². The van der Waals surface area contributed by atoms with E-state index in [-0.39, 0.29) is 12.5 Å². The Morgan fingerprint density at radius 1 is 1.40 bits per heavy atom. The Bertz CT molecular complexity index is 516. The van der Waals surface area contributed by atoms with Crippen molar-refractivity contribution in [2.45, 2.75) is 13.0 Å². The number of carbonyl (C=O) groups is 2. The zero-order valence-corrected chi connectivity index (χ0v) is 12.0. The molecule has 0 saturated heterocycles. The SMILES string of the molecule is CCOC(=O)CNC(=O)C1CSC(c2ccccc2)=N1. The van der Waals surface area contributed by atoms with Gasteiger partial charge in [-0.3, -0.25) is 14.6 Å². The van der Waals surface area contributed by atoms with E-state index in [2.05, 4.69) is 10.3 Å². The largest absolute Gasteiger partial charge is 0.465 e. The number of amides is 1. The van der Waals surface area contributed by atoms with Crippen LogP contribution >= 0.6 is 11.8 Å². The molecule has 1 unspecified atom stereocenters. The number of esters is 1. The van der Waals surface area contributed by atoms with E-state index in [1.165, 1.54) is 0 Å². The summed E-state index contributed by atoms with van der Waals surface area (Å²) in [5, 5.41) is 3.41. The highest BCUT2D eigenvalue weighted by Crippen LogP contribution is 2.23. The van der Waals surface area contributed by atoms with Crippen LogP contribution in [-0.4, -0.2) is 41.9 Å². The van der Waals surface area contributed by atoms with Crippen LogP contribution in [0.15, 0.2) is 35.3 Å². The van der Waals surface area contributed by atoms with Crippen molar-refractivity contribution in [3.63, 3.8) is 0 Å². The van der Waals surface area contributed by atoms with Crippen LogP contribution < -0.4 is 5.32 Å². The summed E-state index contributed by atoms with van der Waals surface area (Å²) >= 11 is 1.55. The van der Waals surface area contributed by atoms with Crippen LogP contribution in [0.25, 0.3) is 0 Å². The van der Waals surface area contributed by atoms with Gasteiger partial charge in [0.15, 0.2) is 0 Å². The van der Waals surface area contributed by atoms with Crippen molar-refractivity contribution in [2.24, 2.45) is 4.99 Å². The molecule has 1 amide bonds. The number of nitrogens with one attached hydrogen (secondary N) is 1. The highest BCUT2D eigenvalue weighted by molar-refractivity contribution is 8.14. The topological polar surface area (TPSA) is 67.8 Å². The fraction of sp³-hybridized carbons (Fsp3) is 0.357. The summed E-state index contributed by atoms with van der Waals surface area (Å²) in [4.78, 5) is 27.5. The molecule has 0 saturated carbocycles. The minimum Gasteiger partial charge on any atom is -0.465 e. The molecule has 0 aromatic heterocycles. The number of thioether (sulfide) groups is 1. The fourth-order valence-electron chi connectivity index (χ4n) is 1.74. The van der Waals surface area contributed by atoms with Gasteiger partial charge >= 0.3 is 5.97 Å². The lowest BCUT2D eigenvalue weighted by Crippen LogP contribution is -2.37. The van der Waals surface area contributed by atoms with E-state index in [1.807, 2.05) is 30.3 Å². The number of aliphatic imine (C=N–C) groups is 1. The minimum atomic E-state index is -0.440. The molecule has 0 fully saturated rings. The third kappa shape index (κ3) is 3.84. The number of nitrogens with zero attached hydrogens (tertiary/aromatic N) is 1. The lowest BCUT2D eigenvalue weighted by atomic mass is 10.2. The average Bonchev–Trinajstić information content (AvgIpc) is 2.96. The monoisotopic (exact) mass is 292 g/mol. The van der Waals surface area contributed by atoms with E-state index >= 15 is 0 Å². The first kappa shape index (κ1) is 14.6. The molecule has 6 heteroatoms. The summed E-state index contributed by atoms with van der Waals surface area (Å²) in [6.45, 7) is 1.93. The number of ether oxygens (including phenoxy) is 1. The Balaban J connectivity index is 1.90. The van der Waals surface area contributed by atoms with Crippen molar-refractivity contribution < 1.29 is 14.3 Å². The standard InChI is InChI=1S/C14H16N2O3S/c1-2-19-12(17)8-15-13(18)11-9-20-14(16-11)10-6-4-3-5-7-10/h3-7,11H,2,8-9H2,1H3,(H,15,18). The highest BCUT2D eigenvalue weighted by Gasteiger charge is 2.25. The molecule has 1 heterocycles. The van der Waals surface area contributed by atoms with Crippen molar-refractivity contribution in [1.29, 1.82) is 0 Å². The molecule has 1 aromatic carbocycles. The van der Waals surface area contributed by atoms with Gasteiger partial charge in [-0.1, -0.05) is 30.3 Å². The summed E-state index contributed by atoms with van der Waals surface area (Å²) in [5.74, 6) is -0.0750. The van der Waals surface area contributed by atoms with E-state index in [9.17, 15) is 9.59 Å². The maximum atomic E-state index is 11.9. The van der Waals surface area contributed by atoms with Gasteiger partial charge in [0.05, 0.1) is 11.7 Å². The first-order chi connectivity index (χ1) is 9.70. The molecule has 1 aliphatic heterocycles. The molecular weight excluding hydrogens is 276 g/mol. The van der Waals surface area contributed by atoms with E-state index in [4.69, 9.17) is 4.74 Å². The van der Waals surface area contributed by atoms with Crippen LogP contribution in [0.2, 0.25) is 0 Å². The van der Waals surface area contributed by atoms with Gasteiger partial charge in [0.2, 0.25) is 5.91 Å². The van der Waals surface area contributed by atoms with Crippen molar-refractivity contribution in [3.8, 4) is 0 Å². The van der Waals surface area contributed by atoms with Crippen molar-refractivity contribution >= 4 is 28.7 Å². The predicted molar refractivity (Wildman–Crippen MR) is 78.9 cm³/mol. The lowest BCUT2D eigenvalue weighted by Gasteiger charge is -2.07. The molecule has 1 aliphatic rings. The van der Waals surface area contributed by atoms with Crippen molar-refractivity contribution in [1.82, 2.24) is 5.32 Å². The van der Waals surface area contributed by atoms with Crippen molar-refractivity contribution in [3.05, 3.63) is 35.9 Å². The third-order valence-electron chi connectivity index (χ3n) is 2.69. The Labute approximate surface area is 121 Å². The Hall–Kier alpha value is -1.82. The molecule has 5 nitrogen and oxygen atoms in total. The molecule has 20 heavy (non-hydrogen) atoms. The van der Waals surface area contributed by atoms with Gasteiger partial charge in [0, 0.05) is 11.3 Å². The van der Waals surface area contributed by atoms with Crippen LogP contribution in [0.1, 0.15) is 12.5 Å². The van der Waals surface area contributed by atoms with Crippen molar-refractivity contribution in [2.75, 3.05) is 18.9 Å². The molecule has 0 aliphatic carbocycles. The number of hydrogen-bond acceptors (Lipinski definition) is 5. The van der Waals surface area contributed by atoms with Crippen LogP contribution in [0.5, 0.6) is 0 Å². The lowest BCUT2D eigenvalue weighted by molar-refractivity contribution is -0.143. The van der Waals surface area contributed by atoms with Crippen LogP contribution in [-0.2, 0) is 14.3 Å². The Morgan fingerprint density at radius 2 is 2.15 bits per heavy atom. The van der Waals surface area contributed by atoms with E-state index in [0.717, 1.165) is 10.6 Å². The van der Waals surface area contributed by atoms with Gasteiger partial charge in [0.1, 0.15) is 12.6 Å². The highest BCUT2D eigenvalue weighted by atomic mass is 32.2. The Kier molecular flexibility index (Phi) is 5.17. The number of hydrogen-bond donors (Lipinski definition) is 1. The van der Waals surface area contributed by atoms with Crippen LogP contribution in [0.4, 0.5) is 0 Å². The molecule has 0 bridgehead atoms. The quantitative estimate of drug-likeness (QED) is 0.829. The van der Waals surface area contributed by atoms with Gasteiger partial charge in [-0.25, -0.2) is 0 Å². The number of rotatable bonds is 5. The summed E-state index contributed by atoms with van der Waals surface area (Å²) < 4.78 is 4.75. The summed E-state index contributed by atoms with van der Waals surface area (Å²) in [6, 6.07) is 9.30. The van der Waals surface area contributed by atoms with Gasteiger partial charge in [0.25, 0.3) is 0 Å². The number of carbonyl (C=O) groups excluding carboxylic acids is 2. The summed E-state index contributed by atoms with van der Waals surface area (Å²) in [7, 11) is 0.